The molecule has 25 heavy (non-hydrogen) atoms. The molecule has 1 atom stereocenters. The van der Waals surface area contributed by atoms with Crippen molar-refractivity contribution >= 4 is 15.8 Å². The number of carbonyl (C=O) groups excluding carboxylic acids is 1. The van der Waals surface area contributed by atoms with Gasteiger partial charge in [-0.3, -0.25) is 4.79 Å². The lowest BCUT2D eigenvalue weighted by Gasteiger charge is -2.31. The molecule has 0 bridgehead atoms. The number of benzene rings is 2. The second-order valence-corrected chi connectivity index (χ2v) is 8.25. The van der Waals surface area contributed by atoms with E-state index in [4.69, 9.17) is 0 Å². The zero-order valence-electron chi connectivity index (χ0n) is 14.0. The van der Waals surface area contributed by atoms with Crippen molar-refractivity contribution in [3.05, 3.63) is 65.5 Å². The second-order valence-electron chi connectivity index (χ2n) is 6.34. The van der Waals surface area contributed by atoms with E-state index in [9.17, 15) is 17.6 Å². The Bertz CT molecular complexity index is 881. The van der Waals surface area contributed by atoms with Crippen LogP contribution in [0.5, 0.6) is 0 Å². The summed E-state index contributed by atoms with van der Waals surface area (Å²) in [7, 11) is -3.74. The second kappa shape index (κ2) is 7.06. The number of piperidine rings is 1. The number of hydrogen-bond acceptors (Lipinski definition) is 3. The number of sulfonamides is 1. The monoisotopic (exact) mass is 361 g/mol. The van der Waals surface area contributed by atoms with Crippen LogP contribution in [0, 0.1) is 18.7 Å². The molecular weight excluding hydrogens is 341 g/mol. The average molecular weight is 361 g/mol. The molecule has 0 aromatic heterocycles. The van der Waals surface area contributed by atoms with Crippen LogP contribution in [0.4, 0.5) is 4.39 Å². The van der Waals surface area contributed by atoms with Crippen LogP contribution in [-0.4, -0.2) is 31.6 Å². The van der Waals surface area contributed by atoms with E-state index in [1.54, 1.807) is 31.2 Å². The van der Waals surface area contributed by atoms with Crippen molar-refractivity contribution in [2.24, 2.45) is 5.92 Å². The third-order valence-corrected chi connectivity index (χ3v) is 6.59. The zero-order valence-corrected chi connectivity index (χ0v) is 14.8. The molecule has 3 rings (SSSR count). The average Bonchev–Trinajstić information content (AvgIpc) is 2.61. The van der Waals surface area contributed by atoms with E-state index in [1.807, 2.05) is 6.07 Å². The van der Waals surface area contributed by atoms with Crippen LogP contribution in [0.15, 0.2) is 53.4 Å². The van der Waals surface area contributed by atoms with Crippen LogP contribution in [0.2, 0.25) is 0 Å². The predicted molar refractivity (Wildman–Crippen MR) is 93.4 cm³/mol. The Morgan fingerprint density at radius 1 is 1.16 bits per heavy atom. The first-order valence-corrected chi connectivity index (χ1v) is 9.69. The summed E-state index contributed by atoms with van der Waals surface area (Å²) >= 11 is 0. The largest absolute Gasteiger partial charge is 0.294 e. The van der Waals surface area contributed by atoms with E-state index in [-0.39, 0.29) is 23.1 Å². The van der Waals surface area contributed by atoms with Gasteiger partial charge in [0.2, 0.25) is 10.0 Å². The Balaban J connectivity index is 1.84. The van der Waals surface area contributed by atoms with Crippen LogP contribution in [-0.2, 0) is 10.0 Å². The van der Waals surface area contributed by atoms with E-state index >= 15 is 0 Å². The van der Waals surface area contributed by atoms with Gasteiger partial charge in [0.05, 0.1) is 4.90 Å². The van der Waals surface area contributed by atoms with E-state index < -0.39 is 15.8 Å². The Hall–Kier alpha value is -2.05. The van der Waals surface area contributed by atoms with Crippen molar-refractivity contribution in [1.82, 2.24) is 4.31 Å². The first-order chi connectivity index (χ1) is 11.9. The SMILES string of the molecule is Cc1cc(F)ccc1S(=O)(=O)N1CCCC(C(=O)c2ccccc2)C1. The van der Waals surface area contributed by atoms with E-state index in [1.165, 1.54) is 16.4 Å². The number of hydrogen-bond donors (Lipinski definition) is 0. The first-order valence-electron chi connectivity index (χ1n) is 8.25. The molecule has 1 aliphatic rings. The zero-order chi connectivity index (χ0) is 18.0. The van der Waals surface area contributed by atoms with Crippen LogP contribution >= 0.6 is 0 Å². The molecule has 0 amide bonds. The Labute approximate surface area is 147 Å². The molecule has 4 nitrogen and oxygen atoms in total. The predicted octanol–water partition coefficient (Wildman–Crippen LogP) is 3.42. The summed E-state index contributed by atoms with van der Waals surface area (Å²) in [6, 6.07) is 12.6. The molecule has 132 valence electrons. The molecule has 0 N–H and O–H groups in total. The van der Waals surface area contributed by atoms with Crippen LogP contribution < -0.4 is 0 Å². The summed E-state index contributed by atoms with van der Waals surface area (Å²) in [5.41, 5.74) is 0.973. The fourth-order valence-corrected chi connectivity index (χ4v) is 4.98. The lowest BCUT2D eigenvalue weighted by atomic mass is 9.91. The molecule has 1 heterocycles. The fourth-order valence-electron chi connectivity index (χ4n) is 3.25. The van der Waals surface area contributed by atoms with E-state index in [0.29, 0.717) is 30.5 Å². The number of halogens is 1. The van der Waals surface area contributed by atoms with E-state index in [0.717, 1.165) is 6.07 Å². The van der Waals surface area contributed by atoms with E-state index in [2.05, 4.69) is 0 Å². The summed E-state index contributed by atoms with van der Waals surface area (Å²) in [5, 5.41) is 0. The molecular formula is C19H20FNO3S. The Morgan fingerprint density at radius 2 is 1.88 bits per heavy atom. The van der Waals surface area contributed by atoms with Gasteiger partial charge in [0.1, 0.15) is 5.82 Å². The van der Waals surface area contributed by atoms with Crippen molar-refractivity contribution in [3.63, 3.8) is 0 Å². The summed E-state index contributed by atoms with van der Waals surface area (Å²) < 4.78 is 40.5. The molecule has 2 aromatic rings. The van der Waals surface area contributed by atoms with Gasteiger partial charge in [-0.15, -0.1) is 0 Å². The molecule has 1 saturated heterocycles. The van der Waals surface area contributed by atoms with Crippen LogP contribution in [0.25, 0.3) is 0 Å². The summed E-state index contributed by atoms with van der Waals surface area (Å²) in [6.07, 6.45) is 1.30. The highest BCUT2D eigenvalue weighted by molar-refractivity contribution is 7.89. The van der Waals surface area contributed by atoms with Gasteiger partial charge in [0.25, 0.3) is 0 Å². The summed E-state index contributed by atoms with van der Waals surface area (Å²) in [4.78, 5) is 12.7. The molecule has 1 aliphatic heterocycles. The maximum Gasteiger partial charge on any atom is 0.243 e. The molecule has 0 aliphatic carbocycles. The number of aryl methyl sites for hydroxylation is 1. The maximum atomic E-state index is 13.3. The standard InChI is InChI=1S/C19H20FNO3S/c1-14-12-17(20)9-10-18(14)25(23,24)21-11-5-8-16(13-21)19(22)15-6-3-2-4-7-15/h2-4,6-7,9-10,12,16H,5,8,11,13H2,1H3. The van der Waals surface area contributed by atoms with Gasteiger partial charge >= 0.3 is 0 Å². The molecule has 0 saturated carbocycles. The molecule has 0 spiro atoms. The van der Waals surface area contributed by atoms with Crippen molar-refractivity contribution in [2.75, 3.05) is 13.1 Å². The highest BCUT2D eigenvalue weighted by Gasteiger charge is 2.34. The third kappa shape index (κ3) is 3.65. The summed E-state index contributed by atoms with van der Waals surface area (Å²) in [5.74, 6) is -0.852. The van der Waals surface area contributed by atoms with Gasteiger partial charge in [-0.1, -0.05) is 30.3 Å². The molecule has 0 radical (unpaired) electrons. The molecule has 1 fully saturated rings. The van der Waals surface area contributed by atoms with Gasteiger partial charge in [-0.2, -0.15) is 4.31 Å². The molecule has 2 aromatic carbocycles. The number of nitrogens with zero attached hydrogens (tertiary/aromatic N) is 1. The number of carbonyl (C=O) groups is 1. The molecule has 6 heteroatoms. The van der Waals surface area contributed by atoms with Crippen molar-refractivity contribution in [3.8, 4) is 0 Å². The lowest BCUT2D eigenvalue weighted by Crippen LogP contribution is -2.42. The highest BCUT2D eigenvalue weighted by Crippen LogP contribution is 2.27. The third-order valence-electron chi connectivity index (χ3n) is 4.57. The topological polar surface area (TPSA) is 54.5 Å². The summed E-state index contributed by atoms with van der Waals surface area (Å²) in [6.45, 7) is 2.11. The highest BCUT2D eigenvalue weighted by atomic mass is 32.2. The lowest BCUT2D eigenvalue weighted by molar-refractivity contribution is 0.0872. The van der Waals surface area contributed by atoms with Gasteiger partial charge in [-0.05, 0) is 43.5 Å². The van der Waals surface area contributed by atoms with Gasteiger partial charge < -0.3 is 0 Å². The Kier molecular flexibility index (Phi) is 5.01. The minimum Gasteiger partial charge on any atom is -0.294 e. The van der Waals surface area contributed by atoms with Gasteiger partial charge in [0, 0.05) is 24.6 Å². The van der Waals surface area contributed by atoms with Crippen LogP contribution in [0.1, 0.15) is 28.8 Å². The van der Waals surface area contributed by atoms with Crippen LogP contribution in [0.3, 0.4) is 0 Å². The molecule has 1 unspecified atom stereocenters. The van der Waals surface area contributed by atoms with Crippen molar-refractivity contribution < 1.29 is 17.6 Å². The number of Topliss-reactive ketones (excluding diaryl/α,β-unsaturated/α-hetero) is 1. The number of ketones is 1. The smallest absolute Gasteiger partial charge is 0.243 e. The first kappa shape index (κ1) is 17.8. The minimum atomic E-state index is -3.74. The van der Waals surface area contributed by atoms with Gasteiger partial charge in [0.15, 0.2) is 5.78 Å². The Morgan fingerprint density at radius 3 is 2.56 bits per heavy atom. The van der Waals surface area contributed by atoms with Crippen molar-refractivity contribution in [1.29, 1.82) is 0 Å². The number of rotatable bonds is 4. The quantitative estimate of drug-likeness (QED) is 0.784. The fraction of sp³-hybridized carbons (Fsp3) is 0.316. The van der Waals surface area contributed by atoms with Crippen molar-refractivity contribution in [2.45, 2.75) is 24.7 Å². The van der Waals surface area contributed by atoms with Gasteiger partial charge in [-0.25, -0.2) is 12.8 Å². The minimum absolute atomic E-state index is 0.0312. The normalized spacial score (nSPS) is 18.9. The maximum absolute atomic E-state index is 13.3.